The summed E-state index contributed by atoms with van der Waals surface area (Å²) in [6, 6.07) is 8.00. The van der Waals surface area contributed by atoms with Crippen LogP contribution >= 0.6 is 0 Å². The van der Waals surface area contributed by atoms with Gasteiger partial charge in [0.15, 0.2) is 0 Å². The SMILES string of the molecule is CN(C)C.[Ru].c1ccn(-n2cccc2)c1. The van der Waals surface area contributed by atoms with Crippen LogP contribution in [0.5, 0.6) is 0 Å². The van der Waals surface area contributed by atoms with E-state index in [0.717, 1.165) is 0 Å². The van der Waals surface area contributed by atoms with E-state index in [4.69, 9.17) is 0 Å². The quantitative estimate of drug-likeness (QED) is 0.730. The summed E-state index contributed by atoms with van der Waals surface area (Å²) in [5.41, 5.74) is 0. The summed E-state index contributed by atoms with van der Waals surface area (Å²) < 4.78 is 4.00. The molecule has 2 heterocycles. The molecule has 0 amide bonds. The molecule has 0 aliphatic carbocycles. The van der Waals surface area contributed by atoms with E-state index in [9.17, 15) is 0 Å². The fourth-order valence-electron chi connectivity index (χ4n) is 0.959. The molecule has 0 aromatic carbocycles. The van der Waals surface area contributed by atoms with Gasteiger partial charge >= 0.3 is 0 Å². The van der Waals surface area contributed by atoms with Gasteiger partial charge in [-0.15, -0.1) is 0 Å². The first kappa shape index (κ1) is 14.1. The van der Waals surface area contributed by atoms with Crippen LogP contribution in [0, 0.1) is 0 Å². The molecule has 15 heavy (non-hydrogen) atoms. The predicted molar refractivity (Wildman–Crippen MR) is 59.3 cm³/mol. The molecular weight excluding hydrogens is 275 g/mol. The third-order valence-electron chi connectivity index (χ3n) is 1.44. The zero-order valence-corrected chi connectivity index (χ0v) is 11.1. The Kier molecular flexibility index (Phi) is 7.01. The van der Waals surface area contributed by atoms with Gasteiger partial charge in [-0.1, -0.05) is 0 Å². The third kappa shape index (κ3) is 5.55. The summed E-state index contributed by atoms with van der Waals surface area (Å²) in [5.74, 6) is 0. The minimum absolute atomic E-state index is 0. The molecule has 0 spiro atoms. The predicted octanol–water partition coefficient (Wildman–Crippen LogP) is 1.78. The summed E-state index contributed by atoms with van der Waals surface area (Å²) in [7, 11) is 6.00. The molecule has 0 atom stereocenters. The fraction of sp³-hybridized carbons (Fsp3) is 0.273. The van der Waals surface area contributed by atoms with Crippen molar-refractivity contribution in [1.29, 1.82) is 0 Å². The molecule has 0 fully saturated rings. The summed E-state index contributed by atoms with van der Waals surface area (Å²) in [5, 5.41) is 0. The smallest absolute Gasteiger partial charge is 0.0268 e. The van der Waals surface area contributed by atoms with Crippen LogP contribution in [-0.4, -0.2) is 35.4 Å². The van der Waals surface area contributed by atoms with Crippen LogP contribution in [-0.2, 0) is 19.5 Å². The maximum Gasteiger partial charge on any atom is 0.0268 e. The van der Waals surface area contributed by atoms with Gasteiger partial charge in [0, 0.05) is 44.3 Å². The Morgan fingerprint density at radius 1 is 0.667 bits per heavy atom. The molecule has 0 saturated carbocycles. The van der Waals surface area contributed by atoms with Crippen LogP contribution in [0.4, 0.5) is 0 Å². The van der Waals surface area contributed by atoms with Gasteiger partial charge in [-0.2, -0.15) is 0 Å². The van der Waals surface area contributed by atoms with Crippen molar-refractivity contribution >= 4 is 0 Å². The van der Waals surface area contributed by atoms with Gasteiger partial charge in [0.1, 0.15) is 0 Å². The maximum absolute atomic E-state index is 2.00. The molecule has 0 N–H and O–H groups in total. The van der Waals surface area contributed by atoms with Crippen LogP contribution in [0.2, 0.25) is 0 Å². The van der Waals surface area contributed by atoms with Crippen molar-refractivity contribution in [3.8, 4) is 0 Å². The van der Waals surface area contributed by atoms with Crippen LogP contribution in [0.1, 0.15) is 0 Å². The van der Waals surface area contributed by atoms with E-state index in [1.165, 1.54) is 0 Å². The molecular formula is C11H17N3Ru. The molecule has 2 aromatic rings. The normalized spacial score (nSPS) is 9.07. The molecule has 0 bridgehead atoms. The molecule has 84 valence electrons. The van der Waals surface area contributed by atoms with Gasteiger partial charge in [-0.3, -0.25) is 9.35 Å². The largest absolute Gasteiger partial charge is 0.312 e. The van der Waals surface area contributed by atoms with Crippen molar-refractivity contribution in [3.05, 3.63) is 49.1 Å². The average molecular weight is 292 g/mol. The van der Waals surface area contributed by atoms with E-state index in [2.05, 4.69) is 0 Å². The summed E-state index contributed by atoms with van der Waals surface area (Å²) in [6.07, 6.45) is 8.00. The zero-order valence-electron chi connectivity index (χ0n) is 9.31. The number of aromatic nitrogens is 2. The Morgan fingerprint density at radius 3 is 1.07 bits per heavy atom. The average Bonchev–Trinajstić information content (AvgIpc) is 2.76. The number of rotatable bonds is 1. The second-order valence-electron chi connectivity index (χ2n) is 3.47. The molecule has 2 aromatic heterocycles. The van der Waals surface area contributed by atoms with Gasteiger partial charge in [0.25, 0.3) is 0 Å². The van der Waals surface area contributed by atoms with Crippen LogP contribution in [0.25, 0.3) is 0 Å². The van der Waals surface area contributed by atoms with Gasteiger partial charge in [-0.05, 0) is 45.4 Å². The Hall–Kier alpha value is -0.857. The molecule has 0 aliphatic rings. The van der Waals surface area contributed by atoms with Crippen LogP contribution in [0.3, 0.4) is 0 Å². The Labute approximate surface area is 104 Å². The first-order chi connectivity index (χ1) is 6.70. The molecule has 0 saturated heterocycles. The van der Waals surface area contributed by atoms with Crippen molar-refractivity contribution < 1.29 is 19.5 Å². The topological polar surface area (TPSA) is 13.1 Å². The van der Waals surface area contributed by atoms with Crippen molar-refractivity contribution in [2.45, 2.75) is 0 Å². The monoisotopic (exact) mass is 293 g/mol. The van der Waals surface area contributed by atoms with Crippen LogP contribution in [0.15, 0.2) is 49.1 Å². The molecule has 4 heteroatoms. The molecule has 3 nitrogen and oxygen atoms in total. The Balaban J connectivity index is 0.000000346. The van der Waals surface area contributed by atoms with E-state index in [1.807, 2.05) is 84.4 Å². The second kappa shape index (κ2) is 7.44. The minimum Gasteiger partial charge on any atom is -0.312 e. The summed E-state index contributed by atoms with van der Waals surface area (Å²) >= 11 is 0. The Bertz CT molecular complexity index is 290. The standard InChI is InChI=1S/C8H8N2.C3H9N.Ru/c1-2-6-9(5-1)10-7-3-4-8-10;1-4(2)3;/h1-8H;1-3H3;. The van der Waals surface area contributed by atoms with Crippen LogP contribution < -0.4 is 0 Å². The van der Waals surface area contributed by atoms with Gasteiger partial charge < -0.3 is 4.90 Å². The van der Waals surface area contributed by atoms with Crippen molar-refractivity contribution in [2.24, 2.45) is 0 Å². The van der Waals surface area contributed by atoms with Gasteiger partial charge in [0.05, 0.1) is 0 Å². The third-order valence-corrected chi connectivity index (χ3v) is 1.44. The second-order valence-corrected chi connectivity index (χ2v) is 3.47. The van der Waals surface area contributed by atoms with Crippen molar-refractivity contribution in [3.63, 3.8) is 0 Å². The number of hydrogen-bond acceptors (Lipinski definition) is 1. The Morgan fingerprint density at radius 2 is 0.867 bits per heavy atom. The fourth-order valence-corrected chi connectivity index (χ4v) is 0.959. The van der Waals surface area contributed by atoms with E-state index in [-0.39, 0.29) is 19.5 Å². The molecule has 2 rings (SSSR count). The van der Waals surface area contributed by atoms with E-state index >= 15 is 0 Å². The summed E-state index contributed by atoms with van der Waals surface area (Å²) in [4.78, 5) is 2.00. The number of hydrogen-bond donors (Lipinski definition) is 0. The van der Waals surface area contributed by atoms with Crippen molar-refractivity contribution in [2.75, 3.05) is 21.1 Å². The number of nitrogens with zero attached hydrogens (tertiary/aromatic N) is 3. The van der Waals surface area contributed by atoms with E-state index < -0.39 is 0 Å². The molecule has 0 unspecified atom stereocenters. The first-order valence-electron chi connectivity index (χ1n) is 4.57. The molecule has 0 radical (unpaired) electrons. The van der Waals surface area contributed by atoms with Crippen molar-refractivity contribution in [1.82, 2.24) is 14.3 Å². The molecule has 0 aliphatic heterocycles. The van der Waals surface area contributed by atoms with E-state index in [1.54, 1.807) is 0 Å². The zero-order chi connectivity index (χ0) is 10.4. The van der Waals surface area contributed by atoms with Gasteiger partial charge in [-0.25, -0.2) is 0 Å². The first-order valence-corrected chi connectivity index (χ1v) is 4.57. The minimum atomic E-state index is 0. The maximum atomic E-state index is 2.00. The van der Waals surface area contributed by atoms with Gasteiger partial charge in [0.2, 0.25) is 0 Å². The summed E-state index contributed by atoms with van der Waals surface area (Å²) in [6.45, 7) is 0. The van der Waals surface area contributed by atoms with E-state index in [0.29, 0.717) is 0 Å².